The molecule has 0 aromatic heterocycles. The second-order valence-electron chi connectivity index (χ2n) is 2.53. The van der Waals surface area contributed by atoms with Gasteiger partial charge in [0.2, 0.25) is 0 Å². The van der Waals surface area contributed by atoms with E-state index in [1.165, 1.54) is 0 Å². The summed E-state index contributed by atoms with van der Waals surface area (Å²) in [5.74, 6) is 0. The lowest BCUT2D eigenvalue weighted by molar-refractivity contribution is 0.321. The Morgan fingerprint density at radius 2 is 2.60 bits per heavy atom. The molecule has 10 heavy (non-hydrogen) atoms. The van der Waals surface area contributed by atoms with Gasteiger partial charge < -0.3 is 10.2 Å². The third-order valence-corrected chi connectivity index (χ3v) is 1.94. The Balaban J connectivity index is 2.38. The van der Waals surface area contributed by atoms with Crippen LogP contribution >= 0.6 is 0 Å². The van der Waals surface area contributed by atoms with Crippen molar-refractivity contribution >= 4 is 0 Å². The van der Waals surface area contributed by atoms with E-state index in [0.29, 0.717) is 6.04 Å². The van der Waals surface area contributed by atoms with Gasteiger partial charge in [0, 0.05) is 13.1 Å². The van der Waals surface area contributed by atoms with Gasteiger partial charge in [-0.05, 0) is 19.9 Å². The van der Waals surface area contributed by atoms with Gasteiger partial charge in [-0.3, -0.25) is 0 Å². The van der Waals surface area contributed by atoms with E-state index in [1.54, 1.807) is 0 Å². The Kier molecular flexibility index (Phi) is 2.52. The molecule has 1 aliphatic heterocycles. The molecular weight excluding hydrogens is 126 g/mol. The van der Waals surface area contributed by atoms with E-state index in [2.05, 4.69) is 11.5 Å². The van der Waals surface area contributed by atoms with Crippen molar-refractivity contribution in [2.45, 2.75) is 19.4 Å². The van der Waals surface area contributed by atoms with E-state index < -0.39 is 0 Å². The molecule has 0 amide bonds. The summed E-state index contributed by atoms with van der Waals surface area (Å²) in [6.07, 6.45) is 3.30. The van der Waals surface area contributed by atoms with E-state index in [9.17, 15) is 0 Å². The molecule has 3 nitrogen and oxygen atoms in total. The van der Waals surface area contributed by atoms with Crippen molar-refractivity contribution < 1.29 is 0 Å². The summed E-state index contributed by atoms with van der Waals surface area (Å²) >= 11 is 0. The number of likely N-dealkylation sites (N-methyl/N-ethyl adjacent to an activating group) is 1. The number of nitrogens with zero attached hydrogens (tertiary/aromatic N) is 2. The van der Waals surface area contributed by atoms with Crippen molar-refractivity contribution in [1.29, 1.82) is 5.26 Å². The van der Waals surface area contributed by atoms with Crippen LogP contribution in [0.5, 0.6) is 0 Å². The smallest absolute Gasteiger partial charge is 0.179 e. The van der Waals surface area contributed by atoms with Crippen LogP contribution in [0.2, 0.25) is 0 Å². The summed E-state index contributed by atoms with van der Waals surface area (Å²) < 4.78 is 0. The molecule has 3 heteroatoms. The zero-order valence-electron chi connectivity index (χ0n) is 6.30. The summed E-state index contributed by atoms with van der Waals surface area (Å²) in [4.78, 5) is 1.83. The van der Waals surface area contributed by atoms with Crippen LogP contribution in [-0.4, -0.2) is 30.6 Å². The third kappa shape index (κ3) is 1.39. The van der Waals surface area contributed by atoms with Gasteiger partial charge in [-0.2, -0.15) is 5.26 Å². The first kappa shape index (κ1) is 7.36. The summed E-state index contributed by atoms with van der Waals surface area (Å²) in [6.45, 7) is 4.88. The first-order valence-electron chi connectivity index (χ1n) is 3.75. The van der Waals surface area contributed by atoms with Crippen LogP contribution in [0.3, 0.4) is 0 Å². The van der Waals surface area contributed by atoms with Gasteiger partial charge in [-0.15, -0.1) is 0 Å². The fourth-order valence-electron chi connectivity index (χ4n) is 1.32. The number of rotatable bonds is 2. The van der Waals surface area contributed by atoms with E-state index in [4.69, 9.17) is 5.26 Å². The van der Waals surface area contributed by atoms with Crippen LogP contribution in [0.4, 0.5) is 0 Å². The zero-order chi connectivity index (χ0) is 7.40. The average molecular weight is 139 g/mol. The van der Waals surface area contributed by atoms with E-state index in [1.807, 2.05) is 11.8 Å². The molecule has 1 aliphatic rings. The van der Waals surface area contributed by atoms with Gasteiger partial charge in [0.1, 0.15) is 0 Å². The lowest BCUT2D eigenvalue weighted by atomic mass is 10.2. The Labute approximate surface area is 61.6 Å². The Morgan fingerprint density at radius 1 is 1.80 bits per heavy atom. The van der Waals surface area contributed by atoms with Crippen molar-refractivity contribution in [3.63, 3.8) is 0 Å². The molecule has 0 bridgehead atoms. The molecule has 1 fully saturated rings. The maximum absolute atomic E-state index is 8.63. The fraction of sp³-hybridized carbons (Fsp3) is 0.857. The number of nitrogens with one attached hydrogen (secondary N) is 1. The van der Waals surface area contributed by atoms with E-state index in [0.717, 1.165) is 26.1 Å². The zero-order valence-corrected chi connectivity index (χ0v) is 6.30. The molecule has 1 unspecified atom stereocenters. The Hall–Kier alpha value is -0.750. The summed E-state index contributed by atoms with van der Waals surface area (Å²) in [6, 6.07) is 0.454. The standard InChI is InChI=1S/C7H13N3/c1-2-10(6-8)7-3-4-9-5-7/h7,9H,2-5H2,1H3. The molecule has 0 aliphatic carbocycles. The highest BCUT2D eigenvalue weighted by molar-refractivity contribution is 4.86. The maximum atomic E-state index is 8.63. The highest BCUT2D eigenvalue weighted by Gasteiger charge is 2.19. The molecule has 1 saturated heterocycles. The third-order valence-electron chi connectivity index (χ3n) is 1.94. The molecule has 56 valence electrons. The highest BCUT2D eigenvalue weighted by Crippen LogP contribution is 2.05. The van der Waals surface area contributed by atoms with Gasteiger partial charge in [0.05, 0.1) is 6.04 Å². The van der Waals surface area contributed by atoms with Crippen LogP contribution in [0.25, 0.3) is 0 Å². The van der Waals surface area contributed by atoms with Crippen molar-refractivity contribution in [2.24, 2.45) is 0 Å². The first-order chi connectivity index (χ1) is 4.88. The predicted octanol–water partition coefficient (Wildman–Crippen LogP) is 0.151. The van der Waals surface area contributed by atoms with Gasteiger partial charge in [0.15, 0.2) is 6.19 Å². The van der Waals surface area contributed by atoms with Crippen molar-refractivity contribution in [2.75, 3.05) is 19.6 Å². The second kappa shape index (κ2) is 3.43. The lowest BCUT2D eigenvalue weighted by Crippen LogP contribution is -2.32. The van der Waals surface area contributed by atoms with Crippen LogP contribution in [0.15, 0.2) is 0 Å². The van der Waals surface area contributed by atoms with E-state index >= 15 is 0 Å². The monoisotopic (exact) mass is 139 g/mol. The number of hydrogen-bond acceptors (Lipinski definition) is 3. The molecule has 0 aromatic carbocycles. The molecular formula is C7H13N3. The molecule has 0 aromatic rings. The summed E-state index contributed by atoms with van der Waals surface area (Å²) in [7, 11) is 0. The van der Waals surface area contributed by atoms with Crippen molar-refractivity contribution in [3.05, 3.63) is 0 Å². The molecule has 1 heterocycles. The largest absolute Gasteiger partial charge is 0.315 e. The van der Waals surface area contributed by atoms with Crippen LogP contribution < -0.4 is 5.32 Å². The SMILES string of the molecule is CCN(C#N)C1CCNC1. The van der Waals surface area contributed by atoms with Crippen molar-refractivity contribution in [1.82, 2.24) is 10.2 Å². The fourth-order valence-corrected chi connectivity index (χ4v) is 1.32. The molecule has 0 radical (unpaired) electrons. The average Bonchev–Trinajstić information content (AvgIpc) is 2.43. The topological polar surface area (TPSA) is 39.1 Å². The van der Waals surface area contributed by atoms with Crippen LogP contribution in [0.1, 0.15) is 13.3 Å². The second-order valence-corrected chi connectivity index (χ2v) is 2.53. The Morgan fingerprint density at radius 3 is 3.00 bits per heavy atom. The summed E-state index contributed by atoms with van der Waals surface area (Å²) in [5.41, 5.74) is 0. The van der Waals surface area contributed by atoms with Gasteiger partial charge in [-0.1, -0.05) is 0 Å². The minimum Gasteiger partial charge on any atom is -0.315 e. The summed E-state index contributed by atoms with van der Waals surface area (Å²) in [5, 5.41) is 11.9. The predicted molar refractivity (Wildman–Crippen MR) is 39.3 cm³/mol. The molecule has 0 spiro atoms. The number of hydrogen-bond donors (Lipinski definition) is 1. The quantitative estimate of drug-likeness (QED) is 0.437. The molecule has 1 N–H and O–H groups in total. The normalized spacial score (nSPS) is 24.2. The lowest BCUT2D eigenvalue weighted by Gasteiger charge is -2.19. The maximum Gasteiger partial charge on any atom is 0.179 e. The minimum atomic E-state index is 0.454. The number of nitriles is 1. The van der Waals surface area contributed by atoms with Crippen LogP contribution in [0, 0.1) is 11.5 Å². The van der Waals surface area contributed by atoms with Crippen molar-refractivity contribution in [3.8, 4) is 6.19 Å². The molecule has 1 atom stereocenters. The highest BCUT2D eigenvalue weighted by atomic mass is 15.2. The molecule has 0 saturated carbocycles. The van der Waals surface area contributed by atoms with Gasteiger partial charge >= 0.3 is 0 Å². The van der Waals surface area contributed by atoms with Gasteiger partial charge in [0.25, 0.3) is 0 Å². The van der Waals surface area contributed by atoms with E-state index in [-0.39, 0.29) is 0 Å². The minimum absolute atomic E-state index is 0.454. The Bertz CT molecular complexity index is 132. The molecule has 1 rings (SSSR count). The van der Waals surface area contributed by atoms with Gasteiger partial charge in [-0.25, -0.2) is 0 Å². The first-order valence-corrected chi connectivity index (χ1v) is 3.75. The van der Waals surface area contributed by atoms with Crippen LogP contribution in [-0.2, 0) is 0 Å².